The van der Waals surface area contributed by atoms with Crippen LogP contribution >= 0.6 is 0 Å². The lowest BCUT2D eigenvalue weighted by Gasteiger charge is -2.32. The van der Waals surface area contributed by atoms with Crippen molar-refractivity contribution in [3.63, 3.8) is 0 Å². The van der Waals surface area contributed by atoms with Gasteiger partial charge in [-0.25, -0.2) is 9.97 Å². The average Bonchev–Trinajstić information content (AvgIpc) is 2.68. The van der Waals surface area contributed by atoms with Crippen LogP contribution in [-0.4, -0.2) is 58.3 Å². The van der Waals surface area contributed by atoms with Gasteiger partial charge < -0.3 is 15.1 Å². The molecule has 0 aliphatic carbocycles. The molecule has 1 aromatic heterocycles. The van der Waals surface area contributed by atoms with Crippen molar-refractivity contribution in [2.45, 2.75) is 26.2 Å². The van der Waals surface area contributed by atoms with Crippen molar-refractivity contribution < 1.29 is 9.59 Å². The topological polar surface area (TPSA) is 78.4 Å². The molecule has 0 saturated carbocycles. The molecular weight excluding hydrogens is 342 g/mol. The standard InChI is InChI=1S/C20H25N5O2/c1-20(2,3)16-4-6-17(7-5-16)23-19-21-12-15(13-22-19)18(27)25-10-8-24(14-26)9-11-25/h4-7,12-14H,8-11H2,1-3H3,(H,21,22,23). The first-order valence-corrected chi connectivity index (χ1v) is 9.05. The maximum atomic E-state index is 12.5. The van der Waals surface area contributed by atoms with E-state index in [4.69, 9.17) is 0 Å². The lowest BCUT2D eigenvalue weighted by molar-refractivity contribution is -0.119. The maximum absolute atomic E-state index is 12.5. The molecule has 142 valence electrons. The number of hydrogen-bond donors (Lipinski definition) is 1. The van der Waals surface area contributed by atoms with Crippen LogP contribution in [0.25, 0.3) is 0 Å². The summed E-state index contributed by atoms with van der Waals surface area (Å²) in [6.07, 6.45) is 3.89. The Morgan fingerprint density at radius 3 is 2.15 bits per heavy atom. The summed E-state index contributed by atoms with van der Waals surface area (Å²) in [7, 11) is 0. The largest absolute Gasteiger partial charge is 0.342 e. The van der Waals surface area contributed by atoms with Gasteiger partial charge in [-0.15, -0.1) is 0 Å². The summed E-state index contributed by atoms with van der Waals surface area (Å²) in [5, 5.41) is 3.15. The Labute approximate surface area is 159 Å². The molecule has 7 nitrogen and oxygen atoms in total. The fraction of sp³-hybridized carbons (Fsp3) is 0.400. The number of nitrogens with zero attached hydrogens (tertiary/aromatic N) is 4. The van der Waals surface area contributed by atoms with Crippen LogP contribution < -0.4 is 5.32 Å². The summed E-state index contributed by atoms with van der Waals surface area (Å²) in [6, 6.07) is 8.16. The molecule has 1 fully saturated rings. The highest BCUT2D eigenvalue weighted by Gasteiger charge is 2.21. The number of carbonyl (C=O) groups is 2. The zero-order valence-corrected chi connectivity index (χ0v) is 16.0. The Balaban J connectivity index is 1.62. The zero-order chi connectivity index (χ0) is 19.4. The van der Waals surface area contributed by atoms with Gasteiger partial charge in [-0.3, -0.25) is 9.59 Å². The molecule has 2 amide bonds. The smallest absolute Gasteiger partial charge is 0.257 e. The second kappa shape index (κ2) is 7.73. The van der Waals surface area contributed by atoms with E-state index in [0.29, 0.717) is 37.7 Å². The minimum Gasteiger partial charge on any atom is -0.342 e. The zero-order valence-electron chi connectivity index (χ0n) is 16.0. The number of anilines is 2. The van der Waals surface area contributed by atoms with Crippen LogP contribution in [0.1, 0.15) is 36.7 Å². The third kappa shape index (κ3) is 4.61. The number of piperazine rings is 1. The van der Waals surface area contributed by atoms with Gasteiger partial charge >= 0.3 is 0 Å². The number of carbonyl (C=O) groups excluding carboxylic acids is 2. The van der Waals surface area contributed by atoms with Gasteiger partial charge in [-0.05, 0) is 23.1 Å². The summed E-state index contributed by atoms with van der Waals surface area (Å²) < 4.78 is 0. The molecule has 0 spiro atoms. The first-order chi connectivity index (χ1) is 12.9. The lowest BCUT2D eigenvalue weighted by Crippen LogP contribution is -2.48. The molecule has 3 rings (SSSR count). The van der Waals surface area contributed by atoms with Crippen LogP contribution in [0, 0.1) is 0 Å². The fourth-order valence-corrected chi connectivity index (χ4v) is 2.90. The van der Waals surface area contributed by atoms with Crippen LogP contribution in [0.15, 0.2) is 36.7 Å². The van der Waals surface area contributed by atoms with E-state index in [1.807, 2.05) is 12.1 Å². The number of hydrogen-bond acceptors (Lipinski definition) is 5. The van der Waals surface area contributed by atoms with Gasteiger partial charge in [0.2, 0.25) is 12.4 Å². The van der Waals surface area contributed by atoms with E-state index in [9.17, 15) is 9.59 Å². The SMILES string of the molecule is CC(C)(C)c1ccc(Nc2ncc(C(=O)N3CCN(C=O)CC3)cn2)cc1. The third-order valence-electron chi connectivity index (χ3n) is 4.66. The lowest BCUT2D eigenvalue weighted by atomic mass is 9.87. The molecule has 1 aliphatic heterocycles. The predicted octanol–water partition coefficient (Wildman–Crippen LogP) is 2.43. The van der Waals surface area contributed by atoms with Crippen molar-refractivity contribution in [2.75, 3.05) is 31.5 Å². The van der Waals surface area contributed by atoms with Crippen LogP contribution in [0.4, 0.5) is 11.6 Å². The summed E-state index contributed by atoms with van der Waals surface area (Å²) in [5.74, 6) is 0.336. The minimum atomic E-state index is -0.110. The first kappa shape index (κ1) is 18.8. The summed E-state index contributed by atoms with van der Waals surface area (Å²) >= 11 is 0. The number of rotatable bonds is 4. The first-order valence-electron chi connectivity index (χ1n) is 9.05. The van der Waals surface area contributed by atoms with E-state index in [1.165, 1.54) is 18.0 Å². The molecule has 1 N–H and O–H groups in total. The number of benzene rings is 1. The molecule has 1 saturated heterocycles. The second-order valence-corrected chi connectivity index (χ2v) is 7.68. The van der Waals surface area contributed by atoms with Crippen LogP contribution in [0.2, 0.25) is 0 Å². The number of amides is 2. The van der Waals surface area contributed by atoms with Gasteiger partial charge in [0.25, 0.3) is 5.91 Å². The van der Waals surface area contributed by atoms with E-state index < -0.39 is 0 Å². The minimum absolute atomic E-state index is 0.105. The average molecular weight is 367 g/mol. The van der Waals surface area contributed by atoms with Gasteiger partial charge in [0.15, 0.2) is 0 Å². The number of nitrogens with one attached hydrogen (secondary N) is 1. The Kier molecular flexibility index (Phi) is 5.39. The predicted molar refractivity (Wildman–Crippen MR) is 104 cm³/mol. The van der Waals surface area contributed by atoms with Gasteiger partial charge in [0, 0.05) is 44.3 Å². The van der Waals surface area contributed by atoms with E-state index in [1.54, 1.807) is 9.80 Å². The summed E-state index contributed by atoms with van der Waals surface area (Å²) in [4.78, 5) is 35.2. The Hall–Kier alpha value is -2.96. The molecule has 0 unspecified atom stereocenters. The van der Waals surface area contributed by atoms with Crippen molar-refractivity contribution in [1.29, 1.82) is 0 Å². The van der Waals surface area contributed by atoms with E-state index in [2.05, 4.69) is 48.2 Å². The van der Waals surface area contributed by atoms with Crippen molar-refractivity contribution in [3.8, 4) is 0 Å². The van der Waals surface area contributed by atoms with Crippen LogP contribution in [0.3, 0.4) is 0 Å². The van der Waals surface area contributed by atoms with Crippen molar-refractivity contribution in [3.05, 3.63) is 47.8 Å². The van der Waals surface area contributed by atoms with E-state index in [0.717, 1.165) is 12.1 Å². The van der Waals surface area contributed by atoms with Gasteiger partial charge in [0.1, 0.15) is 0 Å². The Morgan fingerprint density at radius 1 is 1.04 bits per heavy atom. The van der Waals surface area contributed by atoms with E-state index in [-0.39, 0.29) is 11.3 Å². The van der Waals surface area contributed by atoms with Gasteiger partial charge in [-0.2, -0.15) is 0 Å². The van der Waals surface area contributed by atoms with Crippen LogP contribution in [-0.2, 0) is 10.2 Å². The normalized spacial score (nSPS) is 14.8. The maximum Gasteiger partial charge on any atom is 0.257 e. The van der Waals surface area contributed by atoms with Crippen molar-refractivity contribution in [1.82, 2.24) is 19.8 Å². The van der Waals surface area contributed by atoms with Crippen molar-refractivity contribution >= 4 is 24.0 Å². The molecule has 1 aromatic carbocycles. The second-order valence-electron chi connectivity index (χ2n) is 7.68. The fourth-order valence-electron chi connectivity index (χ4n) is 2.90. The molecule has 0 bridgehead atoms. The third-order valence-corrected chi connectivity index (χ3v) is 4.66. The Bertz CT molecular complexity index is 789. The molecule has 2 heterocycles. The summed E-state index contributed by atoms with van der Waals surface area (Å²) in [6.45, 7) is 8.68. The van der Waals surface area contributed by atoms with Crippen molar-refractivity contribution in [2.24, 2.45) is 0 Å². The van der Waals surface area contributed by atoms with Gasteiger partial charge in [-0.1, -0.05) is 32.9 Å². The quantitative estimate of drug-likeness (QED) is 0.840. The molecule has 0 atom stereocenters. The monoisotopic (exact) mass is 367 g/mol. The number of aromatic nitrogens is 2. The molecule has 0 radical (unpaired) electrons. The molecular formula is C20H25N5O2. The Morgan fingerprint density at radius 2 is 1.63 bits per heavy atom. The molecule has 27 heavy (non-hydrogen) atoms. The van der Waals surface area contributed by atoms with Crippen LogP contribution in [0.5, 0.6) is 0 Å². The molecule has 7 heteroatoms. The highest BCUT2D eigenvalue weighted by molar-refractivity contribution is 5.93. The highest BCUT2D eigenvalue weighted by Crippen LogP contribution is 2.24. The van der Waals surface area contributed by atoms with Gasteiger partial charge in [0.05, 0.1) is 5.56 Å². The highest BCUT2D eigenvalue weighted by atomic mass is 16.2. The molecule has 1 aliphatic rings. The van der Waals surface area contributed by atoms with E-state index >= 15 is 0 Å². The molecule has 2 aromatic rings. The summed E-state index contributed by atoms with van der Waals surface area (Å²) in [5.41, 5.74) is 2.70.